The molecule has 1 aliphatic carbocycles. The van der Waals surface area contributed by atoms with Crippen molar-refractivity contribution in [2.75, 3.05) is 6.61 Å². The molecule has 68 valence electrons. The summed E-state index contributed by atoms with van der Waals surface area (Å²) < 4.78 is 5.14. The predicted molar refractivity (Wildman–Crippen MR) is 42.3 cm³/mol. The maximum absolute atomic E-state index is 10.9. The maximum atomic E-state index is 10.9. The van der Waals surface area contributed by atoms with Crippen LogP contribution in [0.4, 0.5) is 0 Å². The van der Waals surface area contributed by atoms with E-state index in [1.54, 1.807) is 0 Å². The number of ether oxygens (including phenoxy) is 1. The first-order chi connectivity index (χ1) is 5.72. The zero-order valence-electron chi connectivity index (χ0n) is 7.19. The van der Waals surface area contributed by atoms with Crippen LogP contribution in [0, 0.1) is 17.8 Å². The molecule has 0 aromatic heterocycles. The molecule has 0 aromatic carbocycles. The largest absolute Gasteiger partial charge is 0.462 e. The highest BCUT2D eigenvalue weighted by molar-refractivity contribution is 5.72. The van der Waals surface area contributed by atoms with Gasteiger partial charge < -0.3 is 9.84 Å². The van der Waals surface area contributed by atoms with E-state index < -0.39 is 0 Å². The molecular weight excluding hydrogens is 156 g/mol. The van der Waals surface area contributed by atoms with E-state index in [1.807, 2.05) is 0 Å². The third kappa shape index (κ3) is 1.04. The highest BCUT2D eigenvalue weighted by Gasteiger charge is 2.47. The molecule has 1 heterocycles. The lowest BCUT2D eigenvalue weighted by Gasteiger charge is -2.15. The quantitative estimate of drug-likeness (QED) is 0.585. The van der Waals surface area contributed by atoms with Crippen LogP contribution in [0.1, 0.15) is 19.8 Å². The second-order valence-electron chi connectivity index (χ2n) is 3.96. The maximum Gasteiger partial charge on any atom is 0.306 e. The van der Waals surface area contributed by atoms with Gasteiger partial charge in [0.25, 0.3) is 0 Å². The molecule has 1 N–H and O–H groups in total. The van der Waals surface area contributed by atoms with Crippen molar-refractivity contribution in [1.29, 1.82) is 0 Å². The summed E-state index contributed by atoms with van der Waals surface area (Å²) in [5.74, 6) is 0.979. The fourth-order valence-electron chi connectivity index (χ4n) is 2.56. The molecule has 1 saturated carbocycles. The molecule has 0 radical (unpaired) electrons. The van der Waals surface area contributed by atoms with Gasteiger partial charge >= 0.3 is 5.97 Å². The lowest BCUT2D eigenvalue weighted by molar-refractivity contribution is -0.141. The number of carbonyl (C=O) groups excluding carboxylic acids is 1. The SMILES string of the molecule is CC1CC2OC(=O)CC2C1CO. The van der Waals surface area contributed by atoms with Crippen molar-refractivity contribution < 1.29 is 14.6 Å². The molecule has 4 atom stereocenters. The van der Waals surface area contributed by atoms with Crippen molar-refractivity contribution in [3.63, 3.8) is 0 Å². The van der Waals surface area contributed by atoms with Crippen LogP contribution in [0.3, 0.4) is 0 Å². The number of hydrogen-bond donors (Lipinski definition) is 1. The summed E-state index contributed by atoms with van der Waals surface area (Å²) in [5.41, 5.74) is 0. The van der Waals surface area contributed by atoms with Crippen molar-refractivity contribution >= 4 is 5.97 Å². The summed E-state index contributed by atoms with van der Waals surface area (Å²) in [6.07, 6.45) is 1.55. The molecule has 4 unspecified atom stereocenters. The Labute approximate surface area is 71.7 Å². The van der Waals surface area contributed by atoms with Crippen molar-refractivity contribution in [2.24, 2.45) is 17.8 Å². The molecule has 2 aliphatic rings. The van der Waals surface area contributed by atoms with Gasteiger partial charge in [-0.2, -0.15) is 0 Å². The number of aliphatic hydroxyl groups is 1. The van der Waals surface area contributed by atoms with E-state index in [4.69, 9.17) is 9.84 Å². The van der Waals surface area contributed by atoms with Gasteiger partial charge in [0, 0.05) is 12.5 Å². The van der Waals surface area contributed by atoms with Gasteiger partial charge in [0.2, 0.25) is 0 Å². The Balaban J connectivity index is 2.11. The zero-order valence-corrected chi connectivity index (χ0v) is 7.19. The first-order valence-corrected chi connectivity index (χ1v) is 4.52. The van der Waals surface area contributed by atoms with Crippen LogP contribution in [0.2, 0.25) is 0 Å². The molecule has 2 rings (SSSR count). The number of hydrogen-bond acceptors (Lipinski definition) is 3. The minimum atomic E-state index is -0.0876. The van der Waals surface area contributed by atoms with Crippen LogP contribution in [-0.4, -0.2) is 23.8 Å². The molecule has 1 saturated heterocycles. The Kier molecular flexibility index (Phi) is 1.83. The lowest BCUT2D eigenvalue weighted by atomic mass is 9.89. The van der Waals surface area contributed by atoms with E-state index in [9.17, 15) is 4.79 Å². The summed E-state index contributed by atoms with van der Waals surface area (Å²) in [6, 6.07) is 0. The van der Waals surface area contributed by atoms with E-state index >= 15 is 0 Å². The summed E-state index contributed by atoms with van der Waals surface area (Å²) in [7, 11) is 0. The number of rotatable bonds is 1. The van der Waals surface area contributed by atoms with Crippen LogP contribution in [-0.2, 0) is 9.53 Å². The standard InChI is InChI=1S/C9H14O3/c1-5-2-8-6(7(5)4-10)3-9(11)12-8/h5-8,10H,2-4H2,1H3. The van der Waals surface area contributed by atoms with Crippen LogP contribution in [0.25, 0.3) is 0 Å². The molecule has 3 nitrogen and oxygen atoms in total. The Bertz CT molecular complexity index is 202. The molecule has 3 heteroatoms. The van der Waals surface area contributed by atoms with Gasteiger partial charge in [0.05, 0.1) is 6.42 Å². The fraction of sp³-hybridized carbons (Fsp3) is 0.889. The Morgan fingerprint density at radius 3 is 3.08 bits per heavy atom. The topological polar surface area (TPSA) is 46.5 Å². The first kappa shape index (κ1) is 8.05. The third-order valence-corrected chi connectivity index (χ3v) is 3.26. The van der Waals surface area contributed by atoms with Gasteiger partial charge in [0.15, 0.2) is 0 Å². The van der Waals surface area contributed by atoms with E-state index in [0.29, 0.717) is 12.3 Å². The highest BCUT2D eigenvalue weighted by atomic mass is 16.6. The molecule has 0 bridgehead atoms. The van der Waals surface area contributed by atoms with E-state index in [1.165, 1.54) is 0 Å². The van der Waals surface area contributed by atoms with Gasteiger partial charge in [-0.1, -0.05) is 6.92 Å². The number of carbonyl (C=O) groups is 1. The van der Waals surface area contributed by atoms with Gasteiger partial charge in [-0.25, -0.2) is 0 Å². The van der Waals surface area contributed by atoms with Crippen molar-refractivity contribution in [3.05, 3.63) is 0 Å². The van der Waals surface area contributed by atoms with Crippen LogP contribution in [0.5, 0.6) is 0 Å². The predicted octanol–water partition coefficient (Wildman–Crippen LogP) is 0.566. The Morgan fingerprint density at radius 2 is 2.42 bits per heavy atom. The summed E-state index contributed by atoms with van der Waals surface area (Å²) in [5, 5.41) is 9.10. The minimum Gasteiger partial charge on any atom is -0.462 e. The molecular formula is C9H14O3. The molecule has 0 spiro atoms. The van der Waals surface area contributed by atoms with E-state index in [-0.39, 0.29) is 30.5 Å². The van der Waals surface area contributed by atoms with E-state index in [0.717, 1.165) is 6.42 Å². The zero-order chi connectivity index (χ0) is 8.72. The van der Waals surface area contributed by atoms with Gasteiger partial charge in [-0.3, -0.25) is 4.79 Å². The normalized spacial score (nSPS) is 46.0. The second kappa shape index (κ2) is 2.73. The smallest absolute Gasteiger partial charge is 0.306 e. The van der Waals surface area contributed by atoms with Crippen molar-refractivity contribution in [2.45, 2.75) is 25.9 Å². The summed E-state index contributed by atoms with van der Waals surface area (Å²) >= 11 is 0. The minimum absolute atomic E-state index is 0.0876. The Morgan fingerprint density at radius 1 is 1.67 bits per heavy atom. The number of fused-ring (bicyclic) bond motifs is 1. The summed E-state index contributed by atoms with van der Waals surface area (Å²) in [4.78, 5) is 10.9. The number of aliphatic hydroxyl groups excluding tert-OH is 1. The molecule has 0 amide bonds. The van der Waals surface area contributed by atoms with Crippen LogP contribution in [0.15, 0.2) is 0 Å². The average Bonchev–Trinajstić information content (AvgIpc) is 2.43. The monoisotopic (exact) mass is 170 g/mol. The molecule has 1 aliphatic heterocycles. The van der Waals surface area contributed by atoms with Crippen LogP contribution < -0.4 is 0 Å². The number of esters is 1. The van der Waals surface area contributed by atoms with E-state index in [2.05, 4.69) is 6.92 Å². The van der Waals surface area contributed by atoms with Crippen LogP contribution >= 0.6 is 0 Å². The van der Waals surface area contributed by atoms with Gasteiger partial charge in [-0.05, 0) is 18.3 Å². The molecule has 2 fully saturated rings. The van der Waals surface area contributed by atoms with Gasteiger partial charge in [-0.15, -0.1) is 0 Å². The average molecular weight is 170 g/mol. The third-order valence-electron chi connectivity index (χ3n) is 3.26. The summed E-state index contributed by atoms with van der Waals surface area (Å²) in [6.45, 7) is 2.31. The molecule has 12 heavy (non-hydrogen) atoms. The molecule has 0 aromatic rings. The Hall–Kier alpha value is -0.570. The van der Waals surface area contributed by atoms with Crippen molar-refractivity contribution in [3.8, 4) is 0 Å². The lowest BCUT2D eigenvalue weighted by Crippen LogP contribution is -2.19. The second-order valence-corrected chi connectivity index (χ2v) is 3.96. The van der Waals surface area contributed by atoms with Crippen molar-refractivity contribution in [1.82, 2.24) is 0 Å². The highest BCUT2D eigenvalue weighted by Crippen LogP contribution is 2.44. The van der Waals surface area contributed by atoms with Gasteiger partial charge in [0.1, 0.15) is 6.10 Å². The first-order valence-electron chi connectivity index (χ1n) is 4.52. The fourth-order valence-corrected chi connectivity index (χ4v) is 2.56.